The number of para-hydroxylation sites is 2. The van der Waals surface area contributed by atoms with Crippen molar-refractivity contribution in [2.45, 2.75) is 49.3 Å². The Bertz CT molecular complexity index is 1380. The summed E-state index contributed by atoms with van der Waals surface area (Å²) in [6.07, 6.45) is 8.58. The van der Waals surface area contributed by atoms with Gasteiger partial charge < -0.3 is 19.8 Å². The smallest absolute Gasteiger partial charge is 0.251 e. The maximum absolute atomic E-state index is 14.7. The van der Waals surface area contributed by atoms with Crippen LogP contribution in [-0.2, 0) is 14.4 Å². The van der Waals surface area contributed by atoms with Gasteiger partial charge in [0.1, 0.15) is 6.04 Å². The monoisotopic (exact) mass is 557 g/mol. The third-order valence-electron chi connectivity index (χ3n) is 8.95. The standard InChI is InChI=1S/C32H35N3O4S/c1-4-22(19-36)35-28-31(39)34(27-20(2)11-8-12-21(27)3)18-10-16-32(28)26(30(35)38)25-24(40-32)15-9-17-33(29(25)37)23-13-6-5-7-14-23/h5-16,22,24-26,28,36H,4,17-19H2,1-3H3/t22-,24+,25-,26-,28?,32-/m0/s1. The molecule has 6 rings (SSSR count). The SMILES string of the molecule is CC[C@@H](CO)N1C(=O)[C@@H]2[C@H]3C(=O)N(c4ccccc4)CC=C[C@H]3S[C@@]23C=CCN(c2c(C)cccc2C)C(=O)C13. The van der Waals surface area contributed by atoms with Gasteiger partial charge in [-0.25, -0.2) is 0 Å². The minimum Gasteiger partial charge on any atom is -0.394 e. The Morgan fingerprint density at radius 1 is 0.925 bits per heavy atom. The van der Waals surface area contributed by atoms with Crippen LogP contribution >= 0.6 is 11.8 Å². The first-order chi connectivity index (χ1) is 19.3. The highest BCUT2D eigenvalue weighted by Crippen LogP contribution is 2.61. The highest BCUT2D eigenvalue weighted by atomic mass is 32.2. The molecule has 0 bridgehead atoms. The van der Waals surface area contributed by atoms with E-state index in [1.807, 2.05) is 93.6 Å². The molecular weight excluding hydrogens is 522 g/mol. The normalized spacial score (nSPS) is 30.2. The zero-order valence-corrected chi connectivity index (χ0v) is 23.9. The van der Waals surface area contributed by atoms with E-state index in [0.717, 1.165) is 22.5 Å². The Balaban J connectivity index is 1.49. The van der Waals surface area contributed by atoms with Crippen molar-refractivity contribution in [3.05, 3.63) is 84.0 Å². The quantitative estimate of drug-likeness (QED) is 0.565. The number of hydrogen-bond acceptors (Lipinski definition) is 5. The molecular formula is C32H35N3O4S. The van der Waals surface area contributed by atoms with Crippen molar-refractivity contribution in [1.82, 2.24) is 4.90 Å². The van der Waals surface area contributed by atoms with Gasteiger partial charge in [0.05, 0.1) is 29.2 Å². The molecule has 40 heavy (non-hydrogen) atoms. The summed E-state index contributed by atoms with van der Waals surface area (Å²) in [5.41, 5.74) is 3.61. The first-order valence-corrected chi connectivity index (χ1v) is 14.9. The summed E-state index contributed by atoms with van der Waals surface area (Å²) in [7, 11) is 0. The van der Waals surface area contributed by atoms with Gasteiger partial charge in [0.2, 0.25) is 11.8 Å². The number of hydrogen-bond donors (Lipinski definition) is 1. The van der Waals surface area contributed by atoms with Crippen molar-refractivity contribution in [2.24, 2.45) is 11.8 Å². The van der Waals surface area contributed by atoms with E-state index in [1.54, 1.807) is 26.5 Å². The molecule has 1 spiro atoms. The second-order valence-electron chi connectivity index (χ2n) is 11.1. The number of aryl methyl sites for hydroxylation is 2. The lowest BCUT2D eigenvalue weighted by Gasteiger charge is -2.38. The first kappa shape index (κ1) is 26.8. The maximum atomic E-state index is 14.7. The summed E-state index contributed by atoms with van der Waals surface area (Å²) >= 11 is 1.57. The number of nitrogens with zero attached hydrogens (tertiary/aromatic N) is 3. The lowest BCUT2D eigenvalue weighted by Crippen LogP contribution is -2.56. The number of carbonyl (C=O) groups is 3. The summed E-state index contributed by atoms with van der Waals surface area (Å²) in [5, 5.41) is 10.1. The van der Waals surface area contributed by atoms with Gasteiger partial charge in [0.25, 0.3) is 5.91 Å². The fraction of sp³-hybridized carbons (Fsp3) is 0.406. The molecule has 2 aromatic carbocycles. The van der Waals surface area contributed by atoms with Crippen LogP contribution in [-0.4, -0.2) is 69.5 Å². The van der Waals surface area contributed by atoms with Gasteiger partial charge >= 0.3 is 0 Å². The Morgan fingerprint density at radius 2 is 1.62 bits per heavy atom. The molecule has 8 heteroatoms. The number of aliphatic hydroxyl groups excluding tert-OH is 1. The second kappa shape index (κ2) is 10.2. The van der Waals surface area contributed by atoms with E-state index in [1.165, 1.54) is 0 Å². The van der Waals surface area contributed by atoms with Crippen LogP contribution in [0.1, 0.15) is 24.5 Å². The Labute approximate surface area is 239 Å². The van der Waals surface area contributed by atoms with Crippen molar-refractivity contribution < 1.29 is 19.5 Å². The Kier molecular flexibility index (Phi) is 6.87. The topological polar surface area (TPSA) is 81.2 Å². The lowest BCUT2D eigenvalue weighted by atomic mass is 9.78. The van der Waals surface area contributed by atoms with Crippen molar-refractivity contribution in [2.75, 3.05) is 29.5 Å². The van der Waals surface area contributed by atoms with Crippen LogP contribution in [0, 0.1) is 25.7 Å². The Morgan fingerprint density at radius 3 is 2.30 bits per heavy atom. The van der Waals surface area contributed by atoms with Crippen LogP contribution in [0.3, 0.4) is 0 Å². The van der Waals surface area contributed by atoms with Gasteiger partial charge in [-0.05, 0) is 43.5 Å². The van der Waals surface area contributed by atoms with Gasteiger partial charge in [-0.1, -0.05) is 67.6 Å². The van der Waals surface area contributed by atoms with Crippen LogP contribution in [0.25, 0.3) is 0 Å². The first-order valence-electron chi connectivity index (χ1n) is 14.0. The lowest BCUT2D eigenvalue weighted by molar-refractivity contribution is -0.141. The van der Waals surface area contributed by atoms with Crippen LogP contribution in [0.5, 0.6) is 0 Å². The molecule has 4 aliphatic rings. The van der Waals surface area contributed by atoms with E-state index < -0.39 is 28.7 Å². The van der Waals surface area contributed by atoms with E-state index in [4.69, 9.17) is 0 Å². The molecule has 0 radical (unpaired) electrons. The third-order valence-corrected chi connectivity index (χ3v) is 10.7. The number of likely N-dealkylation sites (tertiary alicyclic amines) is 1. The number of amides is 3. The average molecular weight is 558 g/mol. The van der Waals surface area contributed by atoms with Gasteiger partial charge in [-0.2, -0.15) is 0 Å². The van der Waals surface area contributed by atoms with Gasteiger partial charge in [0, 0.05) is 29.7 Å². The molecule has 208 valence electrons. The largest absolute Gasteiger partial charge is 0.394 e. The number of thioether (sulfide) groups is 1. The number of fused-ring (bicyclic) bond motifs is 2. The summed E-state index contributed by atoms with van der Waals surface area (Å²) in [6, 6.07) is 14.2. The summed E-state index contributed by atoms with van der Waals surface area (Å²) in [5.74, 6) is -1.82. The molecule has 2 aromatic rings. The van der Waals surface area contributed by atoms with Gasteiger partial charge in [-0.15, -0.1) is 11.8 Å². The van der Waals surface area contributed by atoms with E-state index in [9.17, 15) is 19.5 Å². The maximum Gasteiger partial charge on any atom is 0.251 e. The highest BCUT2D eigenvalue weighted by molar-refractivity contribution is 8.02. The number of benzene rings is 2. The minimum atomic E-state index is -0.920. The minimum absolute atomic E-state index is 0.0988. The molecule has 1 unspecified atom stereocenters. The van der Waals surface area contributed by atoms with Crippen LogP contribution < -0.4 is 9.80 Å². The molecule has 7 nitrogen and oxygen atoms in total. The van der Waals surface area contributed by atoms with Crippen LogP contribution in [0.15, 0.2) is 72.8 Å². The third kappa shape index (κ3) is 3.87. The second-order valence-corrected chi connectivity index (χ2v) is 12.6. The van der Waals surface area contributed by atoms with Crippen molar-refractivity contribution in [3.8, 4) is 0 Å². The fourth-order valence-corrected chi connectivity index (χ4v) is 9.15. The predicted molar refractivity (Wildman–Crippen MR) is 158 cm³/mol. The number of anilines is 2. The molecule has 4 aliphatic heterocycles. The highest BCUT2D eigenvalue weighted by Gasteiger charge is 2.71. The van der Waals surface area contributed by atoms with Crippen LogP contribution in [0.4, 0.5) is 11.4 Å². The number of rotatable bonds is 5. The summed E-state index contributed by atoms with van der Waals surface area (Å²) in [4.78, 5) is 48.6. The van der Waals surface area contributed by atoms with E-state index in [2.05, 4.69) is 0 Å². The predicted octanol–water partition coefficient (Wildman–Crippen LogP) is 3.88. The number of aliphatic hydroxyl groups is 1. The molecule has 4 heterocycles. The molecule has 3 amide bonds. The van der Waals surface area contributed by atoms with Gasteiger partial charge in [-0.3, -0.25) is 14.4 Å². The molecule has 2 fully saturated rings. The zero-order chi connectivity index (χ0) is 28.2. The zero-order valence-electron chi connectivity index (χ0n) is 23.1. The summed E-state index contributed by atoms with van der Waals surface area (Å²) < 4.78 is -0.920. The van der Waals surface area contributed by atoms with Crippen molar-refractivity contribution in [3.63, 3.8) is 0 Å². The molecule has 2 saturated heterocycles. The van der Waals surface area contributed by atoms with Crippen molar-refractivity contribution in [1.29, 1.82) is 0 Å². The van der Waals surface area contributed by atoms with Gasteiger partial charge in [0.15, 0.2) is 0 Å². The average Bonchev–Trinajstić information content (AvgIpc) is 3.27. The molecule has 0 aliphatic carbocycles. The molecule has 0 aromatic heterocycles. The summed E-state index contributed by atoms with van der Waals surface area (Å²) in [6.45, 7) is 6.47. The Hall–Kier alpha value is -3.36. The van der Waals surface area contributed by atoms with Crippen molar-refractivity contribution >= 4 is 40.9 Å². The molecule has 6 atom stereocenters. The molecule has 0 saturated carbocycles. The van der Waals surface area contributed by atoms with E-state index in [0.29, 0.717) is 19.5 Å². The van der Waals surface area contributed by atoms with E-state index in [-0.39, 0.29) is 29.6 Å². The van der Waals surface area contributed by atoms with Crippen LogP contribution in [0.2, 0.25) is 0 Å². The number of carbonyl (C=O) groups excluding carboxylic acids is 3. The van der Waals surface area contributed by atoms with E-state index >= 15 is 0 Å². The fourth-order valence-electron chi connectivity index (χ4n) is 7.16. The molecule has 1 N–H and O–H groups in total.